The maximum atomic E-state index is 5.74. The second-order valence-electron chi connectivity index (χ2n) is 5.91. The highest BCUT2D eigenvalue weighted by molar-refractivity contribution is 5.12. The minimum atomic E-state index is 0.306. The van der Waals surface area contributed by atoms with Crippen LogP contribution in [-0.2, 0) is 17.8 Å². The second kappa shape index (κ2) is 6.55. The van der Waals surface area contributed by atoms with E-state index in [1.165, 1.54) is 5.56 Å². The molecule has 2 rings (SSSR count). The van der Waals surface area contributed by atoms with Crippen LogP contribution in [0.2, 0.25) is 0 Å². The molecule has 0 bridgehead atoms. The molecule has 1 saturated heterocycles. The van der Waals surface area contributed by atoms with Crippen LogP contribution in [0.15, 0.2) is 16.7 Å². The molecule has 0 saturated carbocycles. The minimum Gasteiger partial charge on any atom is -0.468 e. The summed E-state index contributed by atoms with van der Waals surface area (Å²) in [5.74, 6) is 1.04. The average Bonchev–Trinajstić information content (AvgIpc) is 2.72. The predicted molar refractivity (Wildman–Crippen MR) is 76.0 cm³/mol. The van der Waals surface area contributed by atoms with Crippen LogP contribution in [0.4, 0.5) is 0 Å². The summed E-state index contributed by atoms with van der Waals surface area (Å²) in [6, 6.07) is 2.65. The van der Waals surface area contributed by atoms with E-state index in [1.807, 2.05) is 6.26 Å². The fourth-order valence-corrected chi connectivity index (χ4v) is 2.56. The smallest absolute Gasteiger partial charge is 0.118 e. The predicted octanol–water partition coefficient (Wildman–Crippen LogP) is 2.39. The Labute approximate surface area is 116 Å². The van der Waals surface area contributed by atoms with Gasteiger partial charge >= 0.3 is 0 Å². The van der Waals surface area contributed by atoms with Crippen molar-refractivity contribution in [3.8, 4) is 0 Å². The molecule has 0 spiro atoms. The number of furan rings is 1. The molecule has 0 amide bonds. The van der Waals surface area contributed by atoms with Gasteiger partial charge in [-0.2, -0.15) is 0 Å². The van der Waals surface area contributed by atoms with Crippen molar-refractivity contribution in [1.29, 1.82) is 0 Å². The van der Waals surface area contributed by atoms with Gasteiger partial charge in [-0.15, -0.1) is 0 Å². The molecule has 2 atom stereocenters. The van der Waals surface area contributed by atoms with Crippen LogP contribution < -0.4 is 5.32 Å². The average molecular weight is 266 g/mol. The molecule has 0 aliphatic carbocycles. The lowest BCUT2D eigenvalue weighted by atomic mass is 10.2. The van der Waals surface area contributed by atoms with Crippen LogP contribution in [0.5, 0.6) is 0 Å². The Balaban J connectivity index is 1.85. The number of morpholine rings is 1. The van der Waals surface area contributed by atoms with Crippen LogP contribution in [0.3, 0.4) is 0 Å². The third-order valence-corrected chi connectivity index (χ3v) is 3.30. The summed E-state index contributed by atoms with van der Waals surface area (Å²) >= 11 is 0. The Bertz CT molecular complexity index is 379. The van der Waals surface area contributed by atoms with Gasteiger partial charge < -0.3 is 14.5 Å². The normalized spacial score (nSPS) is 25.1. The first-order valence-electron chi connectivity index (χ1n) is 7.20. The standard InChI is InChI=1S/C15H26N2O2/c1-11(2)16-6-14-5-15(18-10-14)9-17-7-12(3)19-13(4)8-17/h5,10-13,16H,6-9H2,1-4H3/t12-,13+. The topological polar surface area (TPSA) is 37.6 Å². The molecule has 1 aliphatic heterocycles. The molecule has 0 unspecified atom stereocenters. The van der Waals surface area contributed by atoms with Crippen LogP contribution in [0.1, 0.15) is 39.0 Å². The van der Waals surface area contributed by atoms with E-state index in [0.29, 0.717) is 18.2 Å². The molecule has 4 nitrogen and oxygen atoms in total. The van der Waals surface area contributed by atoms with E-state index in [4.69, 9.17) is 9.15 Å². The van der Waals surface area contributed by atoms with Crippen LogP contribution >= 0.6 is 0 Å². The van der Waals surface area contributed by atoms with Gasteiger partial charge in [0.25, 0.3) is 0 Å². The van der Waals surface area contributed by atoms with Gasteiger partial charge in [0.05, 0.1) is 25.0 Å². The number of hydrogen-bond donors (Lipinski definition) is 1. The Morgan fingerprint density at radius 1 is 1.32 bits per heavy atom. The summed E-state index contributed by atoms with van der Waals surface area (Å²) in [5.41, 5.74) is 1.22. The van der Waals surface area contributed by atoms with Crippen molar-refractivity contribution in [3.63, 3.8) is 0 Å². The highest BCUT2D eigenvalue weighted by Crippen LogP contribution is 2.16. The fourth-order valence-electron chi connectivity index (χ4n) is 2.56. The lowest BCUT2D eigenvalue weighted by molar-refractivity contribution is -0.0718. The number of ether oxygens (including phenoxy) is 1. The SMILES string of the molecule is CC(C)NCc1coc(CN2C[C@@H](C)O[C@@H](C)C2)c1. The number of hydrogen-bond acceptors (Lipinski definition) is 4. The monoisotopic (exact) mass is 266 g/mol. The third-order valence-electron chi connectivity index (χ3n) is 3.30. The molecule has 1 fully saturated rings. The van der Waals surface area contributed by atoms with Crippen molar-refractivity contribution < 1.29 is 9.15 Å². The number of nitrogens with zero attached hydrogens (tertiary/aromatic N) is 1. The summed E-state index contributed by atoms with van der Waals surface area (Å²) in [7, 11) is 0. The molecule has 0 aromatic carbocycles. The van der Waals surface area contributed by atoms with E-state index in [2.05, 4.69) is 44.0 Å². The van der Waals surface area contributed by atoms with Gasteiger partial charge in [0, 0.05) is 31.2 Å². The van der Waals surface area contributed by atoms with E-state index in [-0.39, 0.29) is 0 Å². The van der Waals surface area contributed by atoms with Crippen molar-refractivity contribution in [2.24, 2.45) is 0 Å². The molecular weight excluding hydrogens is 240 g/mol. The molecule has 2 heterocycles. The van der Waals surface area contributed by atoms with Crippen LogP contribution in [0.25, 0.3) is 0 Å². The number of rotatable bonds is 5. The Morgan fingerprint density at radius 3 is 2.63 bits per heavy atom. The van der Waals surface area contributed by atoms with E-state index in [1.54, 1.807) is 0 Å². The first-order valence-corrected chi connectivity index (χ1v) is 7.20. The summed E-state index contributed by atoms with van der Waals surface area (Å²) < 4.78 is 11.4. The van der Waals surface area contributed by atoms with Gasteiger partial charge in [-0.25, -0.2) is 0 Å². The quantitative estimate of drug-likeness (QED) is 0.888. The Kier molecular flexibility index (Phi) is 5.02. The van der Waals surface area contributed by atoms with Crippen molar-refractivity contribution in [2.45, 2.75) is 59.0 Å². The molecule has 1 aliphatic rings. The molecule has 1 N–H and O–H groups in total. The van der Waals surface area contributed by atoms with Crippen LogP contribution in [-0.4, -0.2) is 36.2 Å². The van der Waals surface area contributed by atoms with Crippen molar-refractivity contribution in [1.82, 2.24) is 10.2 Å². The Morgan fingerprint density at radius 2 is 2.00 bits per heavy atom. The van der Waals surface area contributed by atoms with E-state index in [0.717, 1.165) is 31.9 Å². The largest absolute Gasteiger partial charge is 0.468 e. The van der Waals surface area contributed by atoms with Crippen LogP contribution in [0, 0.1) is 0 Å². The van der Waals surface area contributed by atoms with Gasteiger partial charge in [0.1, 0.15) is 5.76 Å². The van der Waals surface area contributed by atoms with Gasteiger partial charge in [-0.05, 0) is 19.9 Å². The zero-order valence-corrected chi connectivity index (χ0v) is 12.5. The zero-order valence-electron chi connectivity index (χ0n) is 12.5. The summed E-state index contributed by atoms with van der Waals surface area (Å²) in [6.45, 7) is 12.3. The first-order chi connectivity index (χ1) is 9.02. The third kappa shape index (κ3) is 4.64. The van der Waals surface area contributed by atoms with E-state index >= 15 is 0 Å². The van der Waals surface area contributed by atoms with Gasteiger partial charge in [-0.3, -0.25) is 4.90 Å². The molecule has 19 heavy (non-hydrogen) atoms. The van der Waals surface area contributed by atoms with Crippen molar-refractivity contribution in [2.75, 3.05) is 13.1 Å². The first kappa shape index (κ1) is 14.6. The van der Waals surface area contributed by atoms with Gasteiger partial charge in [-0.1, -0.05) is 13.8 Å². The second-order valence-corrected chi connectivity index (χ2v) is 5.91. The molecule has 0 radical (unpaired) electrons. The minimum absolute atomic E-state index is 0.306. The highest BCUT2D eigenvalue weighted by Gasteiger charge is 2.22. The summed E-state index contributed by atoms with van der Waals surface area (Å²) in [6.07, 6.45) is 2.47. The molecular formula is C15H26N2O2. The molecule has 1 aromatic rings. The maximum Gasteiger partial charge on any atom is 0.118 e. The number of nitrogens with one attached hydrogen (secondary N) is 1. The van der Waals surface area contributed by atoms with Gasteiger partial charge in [0.2, 0.25) is 0 Å². The Hall–Kier alpha value is -0.840. The molecule has 1 aromatic heterocycles. The molecule has 108 valence electrons. The fraction of sp³-hybridized carbons (Fsp3) is 0.733. The molecule has 4 heteroatoms. The van der Waals surface area contributed by atoms with Gasteiger partial charge in [0.15, 0.2) is 0 Å². The van der Waals surface area contributed by atoms with Crippen molar-refractivity contribution in [3.05, 3.63) is 23.7 Å². The maximum absolute atomic E-state index is 5.74. The van der Waals surface area contributed by atoms with E-state index in [9.17, 15) is 0 Å². The van der Waals surface area contributed by atoms with Crippen molar-refractivity contribution >= 4 is 0 Å². The lowest BCUT2D eigenvalue weighted by Gasteiger charge is -2.34. The highest BCUT2D eigenvalue weighted by atomic mass is 16.5. The lowest BCUT2D eigenvalue weighted by Crippen LogP contribution is -2.44. The summed E-state index contributed by atoms with van der Waals surface area (Å²) in [4.78, 5) is 2.40. The zero-order chi connectivity index (χ0) is 13.8. The summed E-state index contributed by atoms with van der Waals surface area (Å²) in [5, 5.41) is 3.40. The van der Waals surface area contributed by atoms with E-state index < -0.39 is 0 Å².